The molecule has 0 heterocycles. The largest absolute Gasteiger partial charge is 0.205 e. The van der Waals surface area contributed by atoms with E-state index in [2.05, 4.69) is 19.1 Å². The van der Waals surface area contributed by atoms with E-state index in [1.54, 1.807) is 12.1 Å². The van der Waals surface area contributed by atoms with Crippen molar-refractivity contribution in [3.05, 3.63) is 46.8 Å². The maximum absolute atomic E-state index is 13.7. The summed E-state index contributed by atoms with van der Waals surface area (Å²) < 4.78 is 13.7. The van der Waals surface area contributed by atoms with E-state index in [-0.39, 0.29) is 10.8 Å². The van der Waals surface area contributed by atoms with Crippen molar-refractivity contribution < 1.29 is 4.39 Å². The Labute approximate surface area is 132 Å². The Morgan fingerprint density at radius 3 is 2.62 bits per heavy atom. The second-order valence-corrected chi connectivity index (χ2v) is 7.21. The average Bonchev–Trinajstić information content (AvgIpc) is 2.50. The van der Waals surface area contributed by atoms with Crippen LogP contribution >= 0.6 is 11.6 Å². The highest BCUT2D eigenvalue weighted by molar-refractivity contribution is 6.30. The van der Waals surface area contributed by atoms with Crippen LogP contribution in [0.5, 0.6) is 0 Å². The fourth-order valence-electron chi connectivity index (χ4n) is 4.44. The fraction of sp³-hybridized carbons (Fsp3) is 0.579. The highest BCUT2D eigenvalue weighted by atomic mass is 35.5. The lowest BCUT2D eigenvalue weighted by molar-refractivity contribution is 0.133. The van der Waals surface area contributed by atoms with Crippen molar-refractivity contribution in [3.8, 4) is 0 Å². The predicted molar refractivity (Wildman–Crippen MR) is 87.1 cm³/mol. The lowest BCUT2D eigenvalue weighted by atomic mass is 9.64. The zero-order valence-corrected chi connectivity index (χ0v) is 13.5. The van der Waals surface area contributed by atoms with Crippen LogP contribution in [0.25, 0.3) is 0 Å². The van der Waals surface area contributed by atoms with Gasteiger partial charge in [-0.2, -0.15) is 0 Å². The van der Waals surface area contributed by atoms with E-state index in [4.69, 9.17) is 11.6 Å². The SMILES string of the molecule is C/C=C/C1CCC2CC(c3ccc(Cl)c(F)c3)CCC2C1. The second kappa shape index (κ2) is 6.52. The van der Waals surface area contributed by atoms with E-state index in [0.29, 0.717) is 5.92 Å². The number of allylic oxidation sites excluding steroid dienone is 2. The van der Waals surface area contributed by atoms with Crippen LogP contribution in [-0.2, 0) is 0 Å². The molecule has 4 atom stereocenters. The molecule has 2 aliphatic rings. The molecule has 0 saturated heterocycles. The van der Waals surface area contributed by atoms with Gasteiger partial charge >= 0.3 is 0 Å². The smallest absolute Gasteiger partial charge is 0.142 e. The summed E-state index contributed by atoms with van der Waals surface area (Å²) in [4.78, 5) is 0. The van der Waals surface area contributed by atoms with E-state index in [9.17, 15) is 4.39 Å². The Balaban J connectivity index is 1.67. The standard InChI is InChI=1S/C19H24ClF/c1-2-3-13-4-5-15-11-16(7-6-14(15)10-13)17-8-9-18(20)19(21)12-17/h2-3,8-9,12-16H,4-7,10-11H2,1H3/b3-2+. The number of fused-ring (bicyclic) bond motifs is 1. The molecule has 0 bridgehead atoms. The molecule has 0 aromatic heterocycles. The normalized spacial score (nSPS) is 33.1. The molecule has 21 heavy (non-hydrogen) atoms. The first-order chi connectivity index (χ1) is 10.2. The van der Waals surface area contributed by atoms with Crippen molar-refractivity contribution in [1.29, 1.82) is 0 Å². The molecule has 2 saturated carbocycles. The van der Waals surface area contributed by atoms with Gasteiger partial charge in [0.05, 0.1) is 5.02 Å². The number of hydrogen-bond acceptors (Lipinski definition) is 0. The highest BCUT2D eigenvalue weighted by Crippen LogP contribution is 2.47. The topological polar surface area (TPSA) is 0 Å². The minimum absolute atomic E-state index is 0.235. The van der Waals surface area contributed by atoms with Gasteiger partial charge in [-0.25, -0.2) is 4.39 Å². The first-order valence-electron chi connectivity index (χ1n) is 8.25. The average molecular weight is 307 g/mol. The van der Waals surface area contributed by atoms with E-state index >= 15 is 0 Å². The van der Waals surface area contributed by atoms with Crippen LogP contribution in [0.1, 0.15) is 56.9 Å². The van der Waals surface area contributed by atoms with Crippen LogP contribution in [-0.4, -0.2) is 0 Å². The maximum atomic E-state index is 13.7. The monoisotopic (exact) mass is 306 g/mol. The molecule has 4 unspecified atom stereocenters. The van der Waals surface area contributed by atoms with Gasteiger partial charge in [0.15, 0.2) is 0 Å². The minimum Gasteiger partial charge on any atom is -0.205 e. The van der Waals surface area contributed by atoms with E-state index in [0.717, 1.165) is 23.3 Å². The molecule has 1 aromatic carbocycles. The van der Waals surface area contributed by atoms with Crippen LogP contribution in [0.4, 0.5) is 4.39 Å². The van der Waals surface area contributed by atoms with Crippen LogP contribution in [0.2, 0.25) is 5.02 Å². The Hall–Kier alpha value is -0.820. The van der Waals surface area contributed by atoms with Gasteiger partial charge in [0.2, 0.25) is 0 Å². The van der Waals surface area contributed by atoms with Gasteiger partial charge < -0.3 is 0 Å². The number of hydrogen-bond donors (Lipinski definition) is 0. The Kier molecular flexibility index (Phi) is 4.69. The molecule has 0 spiro atoms. The molecule has 3 rings (SSSR count). The van der Waals surface area contributed by atoms with Crippen LogP contribution in [0, 0.1) is 23.6 Å². The van der Waals surface area contributed by atoms with Crippen molar-refractivity contribution in [2.24, 2.45) is 17.8 Å². The predicted octanol–water partition coefficient (Wildman–Crippen LogP) is 6.36. The molecule has 1 aromatic rings. The maximum Gasteiger partial charge on any atom is 0.142 e. The van der Waals surface area contributed by atoms with E-state index in [1.807, 2.05) is 6.07 Å². The number of benzene rings is 1. The molecule has 2 heteroatoms. The number of halogens is 2. The molecule has 2 fully saturated rings. The summed E-state index contributed by atoms with van der Waals surface area (Å²) in [5.74, 6) is 2.77. The summed E-state index contributed by atoms with van der Waals surface area (Å²) in [6, 6.07) is 5.38. The third-order valence-corrected chi connectivity index (χ3v) is 5.84. The molecular formula is C19H24ClF. The fourth-order valence-corrected chi connectivity index (χ4v) is 4.56. The van der Waals surface area contributed by atoms with Crippen molar-refractivity contribution in [2.75, 3.05) is 0 Å². The summed E-state index contributed by atoms with van der Waals surface area (Å²) in [5, 5.41) is 0.235. The summed E-state index contributed by atoms with van der Waals surface area (Å²) in [7, 11) is 0. The van der Waals surface area contributed by atoms with Crippen LogP contribution < -0.4 is 0 Å². The highest BCUT2D eigenvalue weighted by Gasteiger charge is 2.35. The number of rotatable bonds is 2. The van der Waals surface area contributed by atoms with Gasteiger partial charge in [0.1, 0.15) is 5.82 Å². The Morgan fingerprint density at radius 2 is 1.86 bits per heavy atom. The molecule has 2 aliphatic carbocycles. The zero-order chi connectivity index (χ0) is 14.8. The first kappa shape index (κ1) is 15.1. The van der Waals surface area contributed by atoms with Crippen molar-refractivity contribution in [3.63, 3.8) is 0 Å². The van der Waals surface area contributed by atoms with Gasteiger partial charge in [-0.05, 0) is 86.8 Å². The molecular weight excluding hydrogens is 283 g/mol. The summed E-state index contributed by atoms with van der Waals surface area (Å²) in [6.07, 6.45) is 12.3. The van der Waals surface area contributed by atoms with Crippen molar-refractivity contribution in [1.82, 2.24) is 0 Å². The van der Waals surface area contributed by atoms with Crippen molar-refractivity contribution in [2.45, 2.75) is 51.4 Å². The second-order valence-electron chi connectivity index (χ2n) is 6.80. The van der Waals surface area contributed by atoms with Gasteiger partial charge in [-0.3, -0.25) is 0 Å². The summed E-state index contributed by atoms with van der Waals surface area (Å²) >= 11 is 5.79. The van der Waals surface area contributed by atoms with Gasteiger partial charge in [-0.15, -0.1) is 0 Å². The van der Waals surface area contributed by atoms with Gasteiger partial charge in [0, 0.05) is 0 Å². The van der Waals surface area contributed by atoms with Crippen LogP contribution in [0.15, 0.2) is 30.4 Å². The van der Waals surface area contributed by atoms with Crippen LogP contribution in [0.3, 0.4) is 0 Å². The lowest BCUT2D eigenvalue weighted by Crippen LogP contribution is -2.30. The van der Waals surface area contributed by atoms with E-state index in [1.165, 1.54) is 38.5 Å². The molecule has 0 amide bonds. The van der Waals surface area contributed by atoms with Crippen molar-refractivity contribution >= 4 is 11.6 Å². The zero-order valence-electron chi connectivity index (χ0n) is 12.7. The lowest BCUT2D eigenvalue weighted by Gasteiger charge is -2.41. The third-order valence-electron chi connectivity index (χ3n) is 5.53. The quantitative estimate of drug-likeness (QED) is 0.558. The molecule has 114 valence electrons. The summed E-state index contributed by atoms with van der Waals surface area (Å²) in [5.41, 5.74) is 1.14. The first-order valence-corrected chi connectivity index (χ1v) is 8.63. The molecule has 0 nitrogen and oxygen atoms in total. The Bertz CT molecular complexity index is 522. The van der Waals surface area contributed by atoms with Gasteiger partial charge in [0.25, 0.3) is 0 Å². The Morgan fingerprint density at radius 1 is 1.10 bits per heavy atom. The molecule has 0 radical (unpaired) electrons. The minimum atomic E-state index is -0.270. The summed E-state index contributed by atoms with van der Waals surface area (Å²) in [6.45, 7) is 2.12. The third kappa shape index (κ3) is 3.34. The van der Waals surface area contributed by atoms with E-state index < -0.39 is 0 Å². The van der Waals surface area contributed by atoms with Gasteiger partial charge in [-0.1, -0.05) is 29.8 Å². The molecule has 0 N–H and O–H groups in total. The molecule has 0 aliphatic heterocycles.